The SMILES string of the molecule is CCC(CC)(CN)C(=O)NCCc1ccc2c(c1)CCO2. The van der Waals surface area contributed by atoms with Crippen LogP contribution in [-0.4, -0.2) is 25.6 Å². The second kappa shape index (κ2) is 6.94. The van der Waals surface area contributed by atoms with Gasteiger partial charge in [-0.05, 0) is 36.5 Å². The third-order valence-corrected chi connectivity index (χ3v) is 4.68. The van der Waals surface area contributed by atoms with Crippen LogP contribution >= 0.6 is 0 Å². The van der Waals surface area contributed by atoms with Crippen molar-refractivity contribution in [3.8, 4) is 5.75 Å². The minimum absolute atomic E-state index is 0.0829. The fourth-order valence-electron chi connectivity index (χ4n) is 2.86. The molecule has 0 atom stereocenters. The van der Waals surface area contributed by atoms with E-state index in [0.717, 1.165) is 38.0 Å². The molecule has 0 aromatic heterocycles. The number of carbonyl (C=O) groups excluding carboxylic acids is 1. The molecule has 4 heteroatoms. The van der Waals surface area contributed by atoms with E-state index in [1.165, 1.54) is 11.1 Å². The van der Waals surface area contributed by atoms with Gasteiger partial charge < -0.3 is 15.8 Å². The average Bonchev–Trinajstić information content (AvgIpc) is 2.97. The summed E-state index contributed by atoms with van der Waals surface area (Å²) in [6.07, 6.45) is 3.38. The molecule has 0 saturated carbocycles. The van der Waals surface area contributed by atoms with E-state index in [0.29, 0.717) is 13.1 Å². The number of amides is 1. The minimum Gasteiger partial charge on any atom is -0.493 e. The van der Waals surface area contributed by atoms with Gasteiger partial charge in [0, 0.05) is 19.5 Å². The first kappa shape index (κ1) is 15.8. The van der Waals surface area contributed by atoms with Gasteiger partial charge in [-0.1, -0.05) is 26.0 Å². The number of benzene rings is 1. The highest BCUT2D eigenvalue weighted by atomic mass is 16.5. The number of nitrogens with two attached hydrogens (primary N) is 1. The molecule has 116 valence electrons. The van der Waals surface area contributed by atoms with E-state index in [4.69, 9.17) is 10.5 Å². The monoisotopic (exact) mass is 290 g/mol. The van der Waals surface area contributed by atoms with Crippen molar-refractivity contribution in [3.63, 3.8) is 0 Å². The molecular weight excluding hydrogens is 264 g/mol. The molecule has 0 radical (unpaired) electrons. The Labute approximate surface area is 127 Å². The fourth-order valence-corrected chi connectivity index (χ4v) is 2.86. The summed E-state index contributed by atoms with van der Waals surface area (Å²) in [6, 6.07) is 6.29. The van der Waals surface area contributed by atoms with Crippen LogP contribution in [0.2, 0.25) is 0 Å². The number of fused-ring (bicyclic) bond motifs is 1. The number of hydrogen-bond acceptors (Lipinski definition) is 3. The minimum atomic E-state index is -0.411. The Morgan fingerprint density at radius 2 is 2.14 bits per heavy atom. The highest BCUT2D eigenvalue weighted by Crippen LogP contribution is 2.26. The highest BCUT2D eigenvalue weighted by Gasteiger charge is 2.32. The molecule has 0 aliphatic carbocycles. The Morgan fingerprint density at radius 3 is 2.81 bits per heavy atom. The molecule has 1 heterocycles. The molecule has 4 nitrogen and oxygen atoms in total. The van der Waals surface area contributed by atoms with E-state index in [-0.39, 0.29) is 5.91 Å². The van der Waals surface area contributed by atoms with E-state index in [2.05, 4.69) is 17.4 Å². The van der Waals surface area contributed by atoms with Crippen LogP contribution < -0.4 is 15.8 Å². The van der Waals surface area contributed by atoms with Crippen molar-refractivity contribution < 1.29 is 9.53 Å². The number of rotatable bonds is 7. The van der Waals surface area contributed by atoms with Crippen LogP contribution in [0.4, 0.5) is 0 Å². The van der Waals surface area contributed by atoms with Gasteiger partial charge in [-0.3, -0.25) is 4.79 Å². The molecule has 0 unspecified atom stereocenters. The Kier molecular flexibility index (Phi) is 5.23. The third kappa shape index (κ3) is 3.38. The molecule has 1 aromatic carbocycles. The van der Waals surface area contributed by atoms with Gasteiger partial charge in [0.15, 0.2) is 0 Å². The Morgan fingerprint density at radius 1 is 1.38 bits per heavy atom. The van der Waals surface area contributed by atoms with E-state index >= 15 is 0 Å². The second-order valence-electron chi connectivity index (χ2n) is 5.74. The number of hydrogen-bond donors (Lipinski definition) is 2. The summed E-state index contributed by atoms with van der Waals surface area (Å²) >= 11 is 0. The van der Waals surface area contributed by atoms with Crippen LogP contribution in [0.1, 0.15) is 37.8 Å². The predicted octanol–water partition coefficient (Wildman–Crippen LogP) is 2.05. The first-order chi connectivity index (χ1) is 10.1. The highest BCUT2D eigenvalue weighted by molar-refractivity contribution is 5.82. The molecule has 1 aliphatic heterocycles. The molecule has 21 heavy (non-hydrogen) atoms. The molecule has 3 N–H and O–H groups in total. The zero-order valence-electron chi connectivity index (χ0n) is 13.1. The van der Waals surface area contributed by atoms with Crippen LogP contribution in [0, 0.1) is 5.41 Å². The Bertz CT molecular complexity index is 487. The second-order valence-corrected chi connectivity index (χ2v) is 5.74. The molecule has 0 fully saturated rings. The van der Waals surface area contributed by atoms with Gasteiger partial charge in [0.1, 0.15) is 5.75 Å². The molecular formula is C17H26N2O2. The zero-order chi connectivity index (χ0) is 15.3. The van der Waals surface area contributed by atoms with Crippen molar-refractivity contribution in [1.29, 1.82) is 0 Å². The average molecular weight is 290 g/mol. The van der Waals surface area contributed by atoms with Crippen LogP contribution in [-0.2, 0) is 17.6 Å². The van der Waals surface area contributed by atoms with Gasteiger partial charge in [-0.15, -0.1) is 0 Å². The van der Waals surface area contributed by atoms with Gasteiger partial charge in [0.05, 0.1) is 12.0 Å². The summed E-state index contributed by atoms with van der Waals surface area (Å²) < 4.78 is 5.50. The maximum absolute atomic E-state index is 12.3. The first-order valence-corrected chi connectivity index (χ1v) is 7.88. The standard InChI is InChI=1S/C17H26N2O2/c1-3-17(4-2,12-18)16(20)19-9-7-13-5-6-15-14(11-13)8-10-21-15/h5-6,11H,3-4,7-10,12,18H2,1-2H3,(H,19,20). The van der Waals surface area contributed by atoms with Gasteiger partial charge in [-0.2, -0.15) is 0 Å². The van der Waals surface area contributed by atoms with E-state index in [1.54, 1.807) is 0 Å². The van der Waals surface area contributed by atoms with Crippen molar-refractivity contribution in [2.24, 2.45) is 11.1 Å². The summed E-state index contributed by atoms with van der Waals surface area (Å²) in [5, 5.41) is 3.04. The molecule has 0 saturated heterocycles. The molecule has 0 bridgehead atoms. The van der Waals surface area contributed by atoms with Crippen molar-refractivity contribution in [2.75, 3.05) is 19.7 Å². The van der Waals surface area contributed by atoms with Gasteiger partial charge >= 0.3 is 0 Å². The van der Waals surface area contributed by atoms with Crippen LogP contribution in [0.5, 0.6) is 5.75 Å². The summed E-state index contributed by atoms with van der Waals surface area (Å²) in [5.74, 6) is 1.08. The number of carbonyl (C=O) groups is 1. The smallest absolute Gasteiger partial charge is 0.227 e. The van der Waals surface area contributed by atoms with Crippen molar-refractivity contribution in [2.45, 2.75) is 39.5 Å². The van der Waals surface area contributed by atoms with E-state index in [9.17, 15) is 4.79 Å². The van der Waals surface area contributed by atoms with Crippen molar-refractivity contribution in [3.05, 3.63) is 29.3 Å². The number of ether oxygens (including phenoxy) is 1. The van der Waals surface area contributed by atoms with Crippen molar-refractivity contribution in [1.82, 2.24) is 5.32 Å². The quantitative estimate of drug-likeness (QED) is 0.808. The third-order valence-electron chi connectivity index (χ3n) is 4.68. The Hall–Kier alpha value is -1.55. The maximum atomic E-state index is 12.3. The summed E-state index contributed by atoms with van der Waals surface area (Å²) in [7, 11) is 0. The lowest BCUT2D eigenvalue weighted by Crippen LogP contribution is -2.45. The molecule has 0 spiro atoms. The Balaban J connectivity index is 1.88. The van der Waals surface area contributed by atoms with Gasteiger partial charge in [-0.25, -0.2) is 0 Å². The van der Waals surface area contributed by atoms with Gasteiger partial charge in [0.2, 0.25) is 5.91 Å². The number of nitrogens with one attached hydrogen (secondary N) is 1. The van der Waals surface area contributed by atoms with Crippen LogP contribution in [0.3, 0.4) is 0 Å². The lowest BCUT2D eigenvalue weighted by atomic mass is 9.81. The maximum Gasteiger partial charge on any atom is 0.227 e. The van der Waals surface area contributed by atoms with E-state index in [1.807, 2.05) is 19.9 Å². The fraction of sp³-hybridized carbons (Fsp3) is 0.588. The van der Waals surface area contributed by atoms with Crippen LogP contribution in [0.15, 0.2) is 18.2 Å². The molecule has 1 aliphatic rings. The largest absolute Gasteiger partial charge is 0.493 e. The van der Waals surface area contributed by atoms with Crippen molar-refractivity contribution >= 4 is 5.91 Å². The topological polar surface area (TPSA) is 64.4 Å². The molecule has 1 amide bonds. The first-order valence-electron chi connectivity index (χ1n) is 7.88. The molecule has 1 aromatic rings. The molecule has 2 rings (SSSR count). The zero-order valence-corrected chi connectivity index (χ0v) is 13.1. The van der Waals surface area contributed by atoms with E-state index < -0.39 is 5.41 Å². The van der Waals surface area contributed by atoms with Crippen LogP contribution in [0.25, 0.3) is 0 Å². The van der Waals surface area contributed by atoms with Gasteiger partial charge in [0.25, 0.3) is 0 Å². The lowest BCUT2D eigenvalue weighted by Gasteiger charge is -2.28. The normalized spacial score (nSPS) is 13.7. The summed E-state index contributed by atoms with van der Waals surface area (Å²) in [6.45, 7) is 5.89. The summed E-state index contributed by atoms with van der Waals surface area (Å²) in [4.78, 5) is 12.3. The predicted molar refractivity (Wildman–Crippen MR) is 84.4 cm³/mol. The summed E-state index contributed by atoms with van der Waals surface area (Å²) in [5.41, 5.74) is 7.91. The lowest BCUT2D eigenvalue weighted by molar-refractivity contribution is -0.131.